The summed E-state index contributed by atoms with van der Waals surface area (Å²) in [7, 11) is 0. The third kappa shape index (κ3) is 2.54. The molecule has 0 atom stereocenters. The summed E-state index contributed by atoms with van der Waals surface area (Å²) in [5, 5.41) is 5.02. The summed E-state index contributed by atoms with van der Waals surface area (Å²) < 4.78 is 2.38. The van der Waals surface area contributed by atoms with Crippen LogP contribution in [0.25, 0.3) is 49.4 Å². The number of fused-ring (bicyclic) bond motifs is 6. The van der Waals surface area contributed by atoms with Gasteiger partial charge in [0.05, 0.1) is 34.3 Å². The van der Waals surface area contributed by atoms with Gasteiger partial charge in [0, 0.05) is 33.6 Å². The number of hydrogen-bond donors (Lipinski definition) is 0. The van der Waals surface area contributed by atoms with Crippen molar-refractivity contribution < 1.29 is 0 Å². The fourth-order valence-electron chi connectivity index (χ4n) is 5.95. The summed E-state index contributed by atoms with van der Waals surface area (Å²) in [6.45, 7) is 0. The number of benzene rings is 5. The van der Waals surface area contributed by atoms with Gasteiger partial charge in [0.25, 0.3) is 0 Å². The first-order chi connectivity index (χ1) is 17.9. The van der Waals surface area contributed by atoms with Gasteiger partial charge < -0.3 is 9.47 Å². The maximum absolute atomic E-state index is 4.50. The SMILES string of the molecule is c1ccc(-n2c3ccccc3c3c4c(ccc32)-c2cccc3cccc(c23)N4c2cccnc2)cc1. The summed E-state index contributed by atoms with van der Waals surface area (Å²) in [6, 6.07) is 41.4. The lowest BCUT2D eigenvalue weighted by atomic mass is 9.89. The first kappa shape index (κ1) is 19.4. The van der Waals surface area contributed by atoms with Crippen molar-refractivity contribution in [3.05, 3.63) is 128 Å². The van der Waals surface area contributed by atoms with Crippen LogP contribution in [0.2, 0.25) is 0 Å². The molecular formula is C33H21N3. The minimum Gasteiger partial charge on any atom is -0.309 e. The van der Waals surface area contributed by atoms with Gasteiger partial charge in [0.15, 0.2) is 0 Å². The van der Waals surface area contributed by atoms with E-state index in [1.54, 1.807) is 0 Å². The van der Waals surface area contributed by atoms with Gasteiger partial charge in [0.1, 0.15) is 0 Å². The molecule has 5 aromatic carbocycles. The molecule has 0 aliphatic carbocycles. The van der Waals surface area contributed by atoms with Crippen LogP contribution in [0.1, 0.15) is 0 Å². The Morgan fingerprint density at radius 1 is 0.528 bits per heavy atom. The van der Waals surface area contributed by atoms with Crippen LogP contribution in [-0.4, -0.2) is 9.55 Å². The molecule has 8 rings (SSSR count). The van der Waals surface area contributed by atoms with Crippen molar-refractivity contribution in [3.8, 4) is 16.8 Å². The lowest BCUT2D eigenvalue weighted by Gasteiger charge is -2.34. The Labute approximate surface area is 208 Å². The van der Waals surface area contributed by atoms with Crippen LogP contribution < -0.4 is 4.90 Å². The van der Waals surface area contributed by atoms with E-state index in [2.05, 4.69) is 124 Å². The van der Waals surface area contributed by atoms with Gasteiger partial charge in [-0.2, -0.15) is 0 Å². The van der Waals surface area contributed by atoms with E-state index in [9.17, 15) is 0 Å². The molecule has 168 valence electrons. The van der Waals surface area contributed by atoms with E-state index in [0.29, 0.717) is 0 Å². The Morgan fingerprint density at radius 3 is 2.19 bits per heavy atom. The molecular weight excluding hydrogens is 438 g/mol. The minimum atomic E-state index is 1.06. The van der Waals surface area contributed by atoms with Crippen molar-refractivity contribution in [2.75, 3.05) is 4.90 Å². The van der Waals surface area contributed by atoms with Crippen molar-refractivity contribution in [2.45, 2.75) is 0 Å². The minimum absolute atomic E-state index is 1.06. The maximum Gasteiger partial charge on any atom is 0.0645 e. The second kappa shape index (κ2) is 7.30. The Morgan fingerprint density at radius 2 is 1.33 bits per heavy atom. The first-order valence-corrected chi connectivity index (χ1v) is 12.2. The van der Waals surface area contributed by atoms with E-state index >= 15 is 0 Å². The van der Waals surface area contributed by atoms with Gasteiger partial charge >= 0.3 is 0 Å². The highest BCUT2D eigenvalue weighted by atomic mass is 15.2. The molecule has 1 aliphatic heterocycles. The molecule has 0 N–H and O–H groups in total. The molecule has 7 aromatic rings. The van der Waals surface area contributed by atoms with Crippen LogP contribution in [0.5, 0.6) is 0 Å². The largest absolute Gasteiger partial charge is 0.309 e. The Balaban J connectivity index is 1.60. The number of pyridine rings is 1. The molecule has 3 heteroatoms. The Kier molecular flexibility index (Phi) is 3.94. The Hall–Kier alpha value is -4.89. The van der Waals surface area contributed by atoms with E-state index < -0.39 is 0 Å². The van der Waals surface area contributed by atoms with Crippen molar-refractivity contribution in [1.29, 1.82) is 0 Å². The third-order valence-corrected chi connectivity index (χ3v) is 7.37. The second-order valence-electron chi connectivity index (χ2n) is 9.27. The molecule has 0 fully saturated rings. The van der Waals surface area contributed by atoms with Crippen molar-refractivity contribution in [1.82, 2.24) is 9.55 Å². The predicted molar refractivity (Wildman–Crippen MR) is 150 cm³/mol. The van der Waals surface area contributed by atoms with Crippen molar-refractivity contribution >= 4 is 49.6 Å². The molecule has 0 radical (unpaired) electrons. The monoisotopic (exact) mass is 459 g/mol. The number of aromatic nitrogens is 2. The smallest absolute Gasteiger partial charge is 0.0645 e. The maximum atomic E-state index is 4.50. The van der Waals surface area contributed by atoms with E-state index in [1.807, 2.05) is 18.5 Å². The zero-order chi connectivity index (χ0) is 23.6. The number of para-hydroxylation sites is 2. The number of anilines is 3. The fraction of sp³-hybridized carbons (Fsp3) is 0. The van der Waals surface area contributed by atoms with Crippen molar-refractivity contribution in [3.63, 3.8) is 0 Å². The quantitative estimate of drug-likeness (QED) is 0.258. The summed E-state index contributed by atoms with van der Waals surface area (Å²) in [5.74, 6) is 0. The molecule has 0 unspecified atom stereocenters. The molecule has 3 nitrogen and oxygen atoms in total. The zero-order valence-electron chi connectivity index (χ0n) is 19.5. The molecule has 36 heavy (non-hydrogen) atoms. The topological polar surface area (TPSA) is 21.1 Å². The highest BCUT2D eigenvalue weighted by Crippen LogP contribution is 2.54. The van der Waals surface area contributed by atoms with Crippen LogP contribution in [-0.2, 0) is 0 Å². The lowest BCUT2D eigenvalue weighted by Crippen LogP contribution is -2.15. The normalized spacial score (nSPS) is 12.4. The summed E-state index contributed by atoms with van der Waals surface area (Å²) in [4.78, 5) is 6.91. The number of nitrogens with zero attached hydrogens (tertiary/aromatic N) is 3. The standard InChI is InChI=1S/C33H21N3/c1-2-11-23(12-3-1)35-28-16-5-4-14-27(28)32-30(35)19-18-26-25-15-6-9-22-10-7-17-29(31(22)25)36(33(26)32)24-13-8-20-34-21-24/h1-21H. The second-order valence-corrected chi connectivity index (χ2v) is 9.27. The highest BCUT2D eigenvalue weighted by molar-refractivity contribution is 6.24. The molecule has 2 aromatic heterocycles. The summed E-state index contributed by atoms with van der Waals surface area (Å²) in [5.41, 5.74) is 9.53. The zero-order valence-corrected chi connectivity index (χ0v) is 19.5. The molecule has 0 bridgehead atoms. The van der Waals surface area contributed by atoms with Crippen LogP contribution >= 0.6 is 0 Å². The molecule has 0 saturated carbocycles. The van der Waals surface area contributed by atoms with Gasteiger partial charge in [0.2, 0.25) is 0 Å². The lowest BCUT2D eigenvalue weighted by molar-refractivity contribution is 1.18. The van der Waals surface area contributed by atoms with Gasteiger partial charge in [-0.1, -0.05) is 72.8 Å². The van der Waals surface area contributed by atoms with Gasteiger partial charge in [-0.15, -0.1) is 0 Å². The summed E-state index contributed by atoms with van der Waals surface area (Å²) in [6.07, 6.45) is 3.80. The van der Waals surface area contributed by atoms with Gasteiger partial charge in [-0.3, -0.25) is 4.98 Å². The van der Waals surface area contributed by atoms with Crippen LogP contribution in [0, 0.1) is 0 Å². The predicted octanol–water partition coefficient (Wildman–Crippen LogP) is 8.78. The number of rotatable bonds is 2. The Bertz CT molecular complexity index is 1930. The van der Waals surface area contributed by atoms with E-state index in [4.69, 9.17) is 0 Å². The average molecular weight is 460 g/mol. The van der Waals surface area contributed by atoms with Gasteiger partial charge in [-0.05, 0) is 53.4 Å². The number of hydrogen-bond acceptors (Lipinski definition) is 2. The first-order valence-electron chi connectivity index (χ1n) is 12.2. The molecule has 1 aliphatic rings. The van der Waals surface area contributed by atoms with E-state index in [0.717, 1.165) is 11.4 Å². The van der Waals surface area contributed by atoms with E-state index in [1.165, 1.54) is 55.1 Å². The highest BCUT2D eigenvalue weighted by Gasteiger charge is 2.30. The molecule has 0 saturated heterocycles. The van der Waals surface area contributed by atoms with E-state index in [-0.39, 0.29) is 0 Å². The average Bonchev–Trinajstić information content (AvgIpc) is 3.29. The van der Waals surface area contributed by atoms with Crippen LogP contribution in [0.15, 0.2) is 128 Å². The van der Waals surface area contributed by atoms with Crippen molar-refractivity contribution in [2.24, 2.45) is 0 Å². The molecule has 3 heterocycles. The molecule has 0 amide bonds. The third-order valence-electron chi connectivity index (χ3n) is 7.37. The fourth-order valence-corrected chi connectivity index (χ4v) is 5.95. The molecule has 0 spiro atoms. The van der Waals surface area contributed by atoms with Crippen LogP contribution in [0.4, 0.5) is 17.1 Å². The van der Waals surface area contributed by atoms with Gasteiger partial charge in [-0.25, -0.2) is 0 Å². The summed E-state index contributed by atoms with van der Waals surface area (Å²) >= 11 is 0. The van der Waals surface area contributed by atoms with Crippen LogP contribution in [0.3, 0.4) is 0 Å².